The van der Waals surface area contributed by atoms with E-state index in [2.05, 4.69) is 10.3 Å². The molecule has 3 aromatic rings. The Kier molecular flexibility index (Phi) is 5.42. The van der Waals surface area contributed by atoms with Gasteiger partial charge >= 0.3 is 0 Å². The number of rotatable bonds is 5. The Morgan fingerprint density at radius 1 is 1.23 bits per heavy atom. The number of nitriles is 1. The normalized spacial score (nSPS) is 10.8. The maximum absolute atomic E-state index is 12.3. The molecule has 26 heavy (non-hydrogen) atoms. The zero-order valence-electron chi connectivity index (χ0n) is 14.0. The number of carbonyl (C=O) groups is 1. The minimum absolute atomic E-state index is 0.0225. The van der Waals surface area contributed by atoms with Crippen molar-refractivity contribution in [3.63, 3.8) is 0 Å². The Morgan fingerprint density at radius 2 is 2.04 bits per heavy atom. The topological polar surface area (TPSA) is 75.0 Å². The number of carbonyl (C=O) groups excluding carboxylic acids is 1. The number of nitrogens with zero attached hydrogens (tertiary/aromatic N) is 2. The van der Waals surface area contributed by atoms with Crippen molar-refractivity contribution < 1.29 is 9.53 Å². The van der Waals surface area contributed by atoms with Crippen molar-refractivity contribution in [1.29, 1.82) is 5.26 Å². The maximum Gasteiger partial charge on any atom is 0.268 e. The van der Waals surface area contributed by atoms with Gasteiger partial charge in [-0.2, -0.15) is 5.26 Å². The van der Waals surface area contributed by atoms with Crippen LogP contribution in [0.5, 0.6) is 5.75 Å². The molecule has 0 unspecified atom stereocenters. The highest BCUT2D eigenvalue weighted by Gasteiger charge is 2.12. The molecular weight excluding hydrogens is 346 g/mol. The van der Waals surface area contributed by atoms with Crippen LogP contribution in [-0.2, 0) is 4.79 Å². The number of hydrogen-bond donors (Lipinski definition) is 1. The summed E-state index contributed by atoms with van der Waals surface area (Å²) >= 11 is 1.30. The molecule has 0 fully saturated rings. The number of anilines is 1. The molecule has 0 saturated carbocycles. The molecular formula is C20H15N3O2S. The van der Waals surface area contributed by atoms with Gasteiger partial charge in [-0.3, -0.25) is 10.1 Å². The first-order valence-corrected chi connectivity index (χ1v) is 8.65. The van der Waals surface area contributed by atoms with Crippen LogP contribution in [-0.4, -0.2) is 18.0 Å². The van der Waals surface area contributed by atoms with Gasteiger partial charge in [0.1, 0.15) is 17.4 Å². The van der Waals surface area contributed by atoms with Gasteiger partial charge in [0.15, 0.2) is 5.13 Å². The number of hydrogen-bond acceptors (Lipinski definition) is 5. The zero-order valence-corrected chi connectivity index (χ0v) is 14.8. The van der Waals surface area contributed by atoms with E-state index in [0.717, 1.165) is 22.6 Å². The molecule has 5 nitrogen and oxygen atoms in total. The number of amides is 1. The summed E-state index contributed by atoms with van der Waals surface area (Å²) in [6.45, 7) is 0. The summed E-state index contributed by atoms with van der Waals surface area (Å²) in [7, 11) is 1.61. The van der Waals surface area contributed by atoms with Crippen LogP contribution in [0, 0.1) is 11.3 Å². The molecule has 0 bridgehead atoms. The molecule has 0 saturated heterocycles. The summed E-state index contributed by atoms with van der Waals surface area (Å²) in [5, 5.41) is 14.2. The molecule has 0 spiro atoms. The van der Waals surface area contributed by atoms with E-state index in [1.54, 1.807) is 13.2 Å². The Bertz CT molecular complexity index is 988. The van der Waals surface area contributed by atoms with Crippen molar-refractivity contribution in [3.05, 3.63) is 71.1 Å². The molecule has 0 aliphatic heterocycles. The second kappa shape index (κ2) is 8.10. The van der Waals surface area contributed by atoms with Crippen LogP contribution in [0.15, 0.2) is 65.6 Å². The van der Waals surface area contributed by atoms with Crippen molar-refractivity contribution in [2.24, 2.45) is 0 Å². The van der Waals surface area contributed by atoms with Crippen molar-refractivity contribution in [3.8, 4) is 23.1 Å². The molecule has 2 aromatic carbocycles. The molecule has 0 aliphatic rings. The summed E-state index contributed by atoms with van der Waals surface area (Å²) in [6, 6.07) is 18.7. The Morgan fingerprint density at radius 3 is 2.77 bits per heavy atom. The predicted molar refractivity (Wildman–Crippen MR) is 103 cm³/mol. The molecule has 1 aromatic heterocycles. The molecule has 1 N–H and O–H groups in total. The van der Waals surface area contributed by atoms with Crippen LogP contribution in [0.1, 0.15) is 5.56 Å². The van der Waals surface area contributed by atoms with Gasteiger partial charge in [-0.1, -0.05) is 42.5 Å². The predicted octanol–water partition coefficient (Wildman–Crippen LogP) is 4.36. The zero-order chi connectivity index (χ0) is 18.4. The molecule has 1 heterocycles. The molecule has 0 atom stereocenters. The fourth-order valence-corrected chi connectivity index (χ4v) is 2.99. The lowest BCUT2D eigenvalue weighted by Crippen LogP contribution is -2.13. The molecule has 6 heteroatoms. The van der Waals surface area contributed by atoms with Crippen molar-refractivity contribution in [2.75, 3.05) is 12.4 Å². The van der Waals surface area contributed by atoms with Crippen LogP contribution >= 0.6 is 11.3 Å². The third-order valence-corrected chi connectivity index (χ3v) is 4.32. The van der Waals surface area contributed by atoms with E-state index in [1.165, 1.54) is 11.3 Å². The van der Waals surface area contributed by atoms with Gasteiger partial charge in [0.05, 0.1) is 12.8 Å². The number of nitrogens with one attached hydrogen (secondary N) is 1. The van der Waals surface area contributed by atoms with Crippen LogP contribution in [0.2, 0.25) is 0 Å². The highest BCUT2D eigenvalue weighted by atomic mass is 32.1. The van der Waals surface area contributed by atoms with Crippen molar-refractivity contribution in [2.45, 2.75) is 0 Å². The van der Waals surface area contributed by atoms with Gasteiger partial charge in [0.25, 0.3) is 5.91 Å². The molecule has 3 rings (SSSR count). The monoisotopic (exact) mass is 361 g/mol. The smallest absolute Gasteiger partial charge is 0.268 e. The van der Waals surface area contributed by atoms with Gasteiger partial charge in [-0.15, -0.1) is 11.3 Å². The maximum atomic E-state index is 12.3. The van der Waals surface area contributed by atoms with Gasteiger partial charge in [-0.05, 0) is 23.8 Å². The van der Waals surface area contributed by atoms with E-state index in [1.807, 2.05) is 66.0 Å². The summed E-state index contributed by atoms with van der Waals surface area (Å²) in [5.41, 5.74) is 2.43. The van der Waals surface area contributed by atoms with E-state index in [0.29, 0.717) is 5.13 Å². The molecule has 0 radical (unpaired) electrons. The Balaban J connectivity index is 1.77. The van der Waals surface area contributed by atoms with Crippen LogP contribution in [0.25, 0.3) is 17.3 Å². The van der Waals surface area contributed by atoms with Gasteiger partial charge in [0, 0.05) is 10.9 Å². The fraction of sp³-hybridized carbons (Fsp3) is 0.0500. The van der Waals surface area contributed by atoms with E-state index in [-0.39, 0.29) is 5.57 Å². The third-order valence-electron chi connectivity index (χ3n) is 3.57. The molecule has 0 aliphatic carbocycles. The first kappa shape index (κ1) is 17.4. The minimum Gasteiger partial charge on any atom is -0.497 e. The highest BCUT2D eigenvalue weighted by Crippen LogP contribution is 2.27. The van der Waals surface area contributed by atoms with E-state index >= 15 is 0 Å². The number of aromatic nitrogens is 1. The molecule has 1 amide bonds. The first-order chi connectivity index (χ1) is 12.7. The second-order valence-corrected chi connectivity index (χ2v) is 6.16. The Labute approximate surface area is 155 Å². The van der Waals surface area contributed by atoms with Crippen molar-refractivity contribution >= 4 is 28.5 Å². The number of benzene rings is 2. The largest absolute Gasteiger partial charge is 0.497 e. The number of thiazole rings is 1. The minimum atomic E-state index is -0.483. The Hall–Kier alpha value is -3.43. The van der Waals surface area contributed by atoms with Gasteiger partial charge < -0.3 is 4.74 Å². The van der Waals surface area contributed by atoms with E-state index in [9.17, 15) is 10.1 Å². The first-order valence-electron chi connectivity index (χ1n) is 7.78. The standard InChI is InChI=1S/C20H15N3O2S/c1-25-17-9-5-8-15(11-17)18-13-26-20(22-18)23-19(24)16(12-21)10-14-6-3-2-4-7-14/h2-11,13H,1H3,(H,22,23,24)/b16-10+. The van der Waals surface area contributed by atoms with Crippen molar-refractivity contribution in [1.82, 2.24) is 4.98 Å². The van der Waals surface area contributed by atoms with Crippen LogP contribution in [0.4, 0.5) is 5.13 Å². The third kappa shape index (κ3) is 4.15. The number of ether oxygens (including phenoxy) is 1. The highest BCUT2D eigenvalue weighted by molar-refractivity contribution is 7.14. The average molecular weight is 361 g/mol. The molecule has 128 valence electrons. The van der Waals surface area contributed by atoms with Gasteiger partial charge in [-0.25, -0.2) is 4.98 Å². The van der Waals surface area contributed by atoms with Gasteiger partial charge in [0.2, 0.25) is 0 Å². The second-order valence-electron chi connectivity index (χ2n) is 5.30. The number of methoxy groups -OCH3 is 1. The quantitative estimate of drug-likeness (QED) is 0.541. The summed E-state index contributed by atoms with van der Waals surface area (Å²) in [4.78, 5) is 16.8. The summed E-state index contributed by atoms with van der Waals surface area (Å²) in [6.07, 6.45) is 1.55. The average Bonchev–Trinajstić information content (AvgIpc) is 3.15. The lowest BCUT2D eigenvalue weighted by molar-refractivity contribution is -0.112. The van der Waals surface area contributed by atoms with Crippen LogP contribution in [0.3, 0.4) is 0 Å². The SMILES string of the molecule is COc1cccc(-c2csc(NC(=O)/C(C#N)=C/c3ccccc3)n2)c1. The van der Waals surface area contributed by atoms with Crippen LogP contribution < -0.4 is 10.1 Å². The fourth-order valence-electron chi connectivity index (χ4n) is 2.28. The van der Waals surface area contributed by atoms with E-state index in [4.69, 9.17) is 4.74 Å². The lowest BCUT2D eigenvalue weighted by atomic mass is 10.1. The summed E-state index contributed by atoms with van der Waals surface area (Å²) in [5.74, 6) is 0.251. The lowest BCUT2D eigenvalue weighted by Gasteiger charge is -2.02. The summed E-state index contributed by atoms with van der Waals surface area (Å²) < 4.78 is 5.21. The van der Waals surface area contributed by atoms with E-state index < -0.39 is 5.91 Å².